The minimum atomic E-state index is -3.80. The molecule has 1 amide bonds. The summed E-state index contributed by atoms with van der Waals surface area (Å²) in [6, 6.07) is 19.3. The van der Waals surface area contributed by atoms with Crippen LogP contribution in [-0.2, 0) is 10.0 Å². The van der Waals surface area contributed by atoms with Crippen molar-refractivity contribution in [2.75, 3.05) is 16.7 Å². The summed E-state index contributed by atoms with van der Waals surface area (Å²) < 4.78 is 27.4. The standard InChI is InChI=1S/C20H16Cl2N2O3S/c1-24(16-5-3-2-4-6-16)20(25)18-12-9-15(13-19(18)22)23-28(26,27)17-10-7-14(21)8-11-17/h2-13,23H,1H3. The van der Waals surface area contributed by atoms with Crippen LogP contribution in [0.5, 0.6) is 0 Å². The van der Waals surface area contributed by atoms with E-state index < -0.39 is 10.0 Å². The number of hydrogen-bond donors (Lipinski definition) is 1. The van der Waals surface area contributed by atoms with Crippen molar-refractivity contribution in [1.82, 2.24) is 0 Å². The molecule has 0 saturated heterocycles. The molecule has 0 aromatic heterocycles. The van der Waals surface area contributed by atoms with Gasteiger partial charge in [-0.3, -0.25) is 9.52 Å². The van der Waals surface area contributed by atoms with E-state index in [1.54, 1.807) is 19.2 Å². The van der Waals surface area contributed by atoms with Gasteiger partial charge in [-0.25, -0.2) is 8.42 Å². The fourth-order valence-corrected chi connectivity index (χ4v) is 3.97. The summed E-state index contributed by atoms with van der Waals surface area (Å²) in [6.07, 6.45) is 0. The first-order valence-electron chi connectivity index (χ1n) is 8.19. The van der Waals surface area contributed by atoms with Crippen molar-refractivity contribution in [2.24, 2.45) is 0 Å². The minimum absolute atomic E-state index is 0.0667. The van der Waals surface area contributed by atoms with Gasteiger partial charge >= 0.3 is 0 Å². The van der Waals surface area contributed by atoms with Gasteiger partial charge in [0.05, 0.1) is 21.2 Å². The molecular formula is C20H16Cl2N2O3S. The van der Waals surface area contributed by atoms with E-state index in [1.165, 1.54) is 47.4 Å². The molecule has 1 N–H and O–H groups in total. The number of benzene rings is 3. The molecule has 5 nitrogen and oxygen atoms in total. The van der Waals surface area contributed by atoms with E-state index in [4.69, 9.17) is 23.2 Å². The summed E-state index contributed by atoms with van der Waals surface area (Å²) in [4.78, 5) is 14.2. The second-order valence-corrected chi connectivity index (χ2v) is 8.48. The Bertz CT molecular complexity index is 1100. The van der Waals surface area contributed by atoms with Crippen molar-refractivity contribution in [1.29, 1.82) is 0 Å². The van der Waals surface area contributed by atoms with Crippen LogP contribution in [-0.4, -0.2) is 21.4 Å². The molecule has 0 atom stereocenters. The Morgan fingerprint density at radius 3 is 2.18 bits per heavy atom. The van der Waals surface area contributed by atoms with Gasteiger partial charge in [0.2, 0.25) is 0 Å². The summed E-state index contributed by atoms with van der Waals surface area (Å²) in [6.45, 7) is 0. The van der Waals surface area contributed by atoms with Gasteiger partial charge in [0, 0.05) is 17.8 Å². The molecule has 3 aromatic rings. The SMILES string of the molecule is CN(C(=O)c1ccc(NS(=O)(=O)c2ccc(Cl)cc2)cc1Cl)c1ccccc1. The maximum Gasteiger partial charge on any atom is 0.261 e. The summed E-state index contributed by atoms with van der Waals surface area (Å²) >= 11 is 12.0. The molecule has 3 aromatic carbocycles. The maximum atomic E-state index is 12.7. The van der Waals surface area contributed by atoms with Gasteiger partial charge in [0.25, 0.3) is 15.9 Å². The third kappa shape index (κ3) is 4.47. The van der Waals surface area contributed by atoms with Crippen LogP contribution < -0.4 is 9.62 Å². The van der Waals surface area contributed by atoms with Crippen LogP contribution in [0.15, 0.2) is 77.7 Å². The van der Waals surface area contributed by atoms with Gasteiger partial charge in [-0.05, 0) is 54.6 Å². The summed E-state index contributed by atoms with van der Waals surface area (Å²) in [5.41, 5.74) is 1.23. The lowest BCUT2D eigenvalue weighted by molar-refractivity contribution is 0.0993. The Kier molecular flexibility index (Phi) is 5.93. The predicted octanol–water partition coefficient (Wildman–Crippen LogP) is 5.07. The van der Waals surface area contributed by atoms with E-state index in [0.29, 0.717) is 5.02 Å². The van der Waals surface area contributed by atoms with Crippen molar-refractivity contribution in [3.63, 3.8) is 0 Å². The molecule has 144 valence electrons. The fraction of sp³-hybridized carbons (Fsp3) is 0.0500. The van der Waals surface area contributed by atoms with Gasteiger partial charge in [0.1, 0.15) is 0 Å². The fourth-order valence-electron chi connectivity index (χ4n) is 2.53. The number of para-hydroxylation sites is 1. The molecule has 0 aliphatic carbocycles. The lowest BCUT2D eigenvalue weighted by Gasteiger charge is -2.18. The third-order valence-electron chi connectivity index (χ3n) is 4.02. The Hall–Kier alpha value is -2.54. The van der Waals surface area contributed by atoms with Crippen molar-refractivity contribution < 1.29 is 13.2 Å². The Morgan fingerprint density at radius 1 is 0.929 bits per heavy atom. The van der Waals surface area contributed by atoms with Crippen molar-refractivity contribution in [3.05, 3.63) is 88.4 Å². The lowest BCUT2D eigenvalue weighted by atomic mass is 10.1. The van der Waals surface area contributed by atoms with Gasteiger partial charge in [0.15, 0.2) is 0 Å². The van der Waals surface area contributed by atoms with Crippen LogP contribution in [0.3, 0.4) is 0 Å². The average molecular weight is 435 g/mol. The number of hydrogen-bond acceptors (Lipinski definition) is 3. The van der Waals surface area contributed by atoms with Gasteiger partial charge in [-0.2, -0.15) is 0 Å². The van der Waals surface area contributed by atoms with Crippen LogP contribution in [0.4, 0.5) is 11.4 Å². The third-order valence-corrected chi connectivity index (χ3v) is 5.99. The topological polar surface area (TPSA) is 66.5 Å². The first kappa shape index (κ1) is 20.2. The number of nitrogens with one attached hydrogen (secondary N) is 1. The highest BCUT2D eigenvalue weighted by molar-refractivity contribution is 7.92. The van der Waals surface area contributed by atoms with E-state index in [9.17, 15) is 13.2 Å². The molecule has 8 heteroatoms. The summed E-state index contributed by atoms with van der Waals surface area (Å²) in [5, 5.41) is 0.580. The maximum absolute atomic E-state index is 12.7. The highest BCUT2D eigenvalue weighted by Gasteiger charge is 2.19. The number of nitrogens with zero attached hydrogens (tertiary/aromatic N) is 1. The second kappa shape index (κ2) is 8.22. The molecule has 0 bridgehead atoms. The quantitative estimate of drug-likeness (QED) is 0.609. The minimum Gasteiger partial charge on any atom is -0.311 e. The largest absolute Gasteiger partial charge is 0.311 e. The average Bonchev–Trinajstić information content (AvgIpc) is 2.68. The van der Waals surface area contributed by atoms with E-state index in [-0.39, 0.29) is 27.1 Å². The van der Waals surface area contributed by atoms with E-state index >= 15 is 0 Å². The van der Waals surface area contributed by atoms with Crippen LogP contribution in [0, 0.1) is 0 Å². The number of carbonyl (C=O) groups excluding carboxylic acids is 1. The van der Waals surface area contributed by atoms with Crippen molar-refractivity contribution in [3.8, 4) is 0 Å². The molecule has 0 saturated carbocycles. The lowest BCUT2D eigenvalue weighted by Crippen LogP contribution is -2.26. The number of amides is 1. The smallest absolute Gasteiger partial charge is 0.261 e. The molecule has 3 rings (SSSR count). The number of sulfonamides is 1. The van der Waals surface area contributed by atoms with Gasteiger partial charge < -0.3 is 4.90 Å². The van der Waals surface area contributed by atoms with E-state index in [2.05, 4.69) is 4.72 Å². The molecule has 0 unspecified atom stereocenters. The predicted molar refractivity (Wildman–Crippen MR) is 113 cm³/mol. The molecular weight excluding hydrogens is 419 g/mol. The molecule has 0 fully saturated rings. The van der Waals surface area contributed by atoms with Crippen LogP contribution in [0.2, 0.25) is 10.0 Å². The molecule has 0 aliphatic rings. The zero-order valence-electron chi connectivity index (χ0n) is 14.8. The summed E-state index contributed by atoms with van der Waals surface area (Å²) in [7, 11) is -2.16. The van der Waals surface area contributed by atoms with Gasteiger partial charge in [-0.15, -0.1) is 0 Å². The van der Waals surface area contributed by atoms with E-state index in [0.717, 1.165) is 5.69 Å². The molecule has 0 heterocycles. The normalized spacial score (nSPS) is 11.1. The van der Waals surface area contributed by atoms with Crippen molar-refractivity contribution in [2.45, 2.75) is 4.90 Å². The first-order chi connectivity index (χ1) is 13.3. The summed E-state index contributed by atoms with van der Waals surface area (Å²) in [5.74, 6) is -0.302. The van der Waals surface area contributed by atoms with Crippen LogP contribution >= 0.6 is 23.2 Å². The van der Waals surface area contributed by atoms with E-state index in [1.807, 2.05) is 18.2 Å². The zero-order valence-corrected chi connectivity index (χ0v) is 17.1. The van der Waals surface area contributed by atoms with Gasteiger partial charge in [-0.1, -0.05) is 41.4 Å². The number of rotatable bonds is 5. The number of halogens is 2. The highest BCUT2D eigenvalue weighted by atomic mass is 35.5. The molecule has 0 aliphatic heterocycles. The van der Waals surface area contributed by atoms with Crippen LogP contribution in [0.1, 0.15) is 10.4 Å². The number of carbonyl (C=O) groups is 1. The molecule has 0 spiro atoms. The molecule has 28 heavy (non-hydrogen) atoms. The monoisotopic (exact) mass is 434 g/mol. The Labute approximate surface area is 173 Å². The van der Waals surface area contributed by atoms with Crippen molar-refractivity contribution >= 4 is 50.5 Å². The Morgan fingerprint density at radius 2 is 1.57 bits per heavy atom. The second-order valence-electron chi connectivity index (χ2n) is 5.95. The highest BCUT2D eigenvalue weighted by Crippen LogP contribution is 2.26. The Balaban J connectivity index is 1.82. The first-order valence-corrected chi connectivity index (χ1v) is 10.4. The number of anilines is 2. The molecule has 0 radical (unpaired) electrons. The van der Waals surface area contributed by atoms with Crippen LogP contribution in [0.25, 0.3) is 0 Å². The zero-order chi connectivity index (χ0) is 20.3.